The van der Waals surface area contributed by atoms with Gasteiger partial charge in [0.2, 0.25) is 0 Å². The Bertz CT molecular complexity index is 604. The molecule has 1 aromatic rings. The second-order valence-electron chi connectivity index (χ2n) is 4.81. The second kappa shape index (κ2) is 6.21. The number of rotatable bonds is 4. The topological polar surface area (TPSA) is 101 Å². The summed E-state index contributed by atoms with van der Waals surface area (Å²) in [7, 11) is 0. The molecule has 1 aliphatic rings. The van der Waals surface area contributed by atoms with Gasteiger partial charge in [-0.1, -0.05) is 0 Å². The molecule has 112 valence electrons. The number of carboxylic acid groups (broad SMARTS) is 1. The first-order chi connectivity index (χ1) is 9.90. The highest BCUT2D eigenvalue weighted by atomic mass is 79.9. The van der Waals surface area contributed by atoms with E-state index >= 15 is 0 Å². The van der Waals surface area contributed by atoms with Crippen LogP contribution in [0.25, 0.3) is 0 Å². The van der Waals surface area contributed by atoms with E-state index in [1.807, 2.05) is 0 Å². The minimum Gasteiger partial charge on any atom is -0.481 e. The van der Waals surface area contributed by atoms with Crippen LogP contribution < -0.4 is 0 Å². The van der Waals surface area contributed by atoms with Crippen molar-refractivity contribution in [1.29, 1.82) is 0 Å². The lowest BCUT2D eigenvalue weighted by atomic mass is 10.1. The van der Waals surface area contributed by atoms with Crippen LogP contribution >= 0.6 is 15.9 Å². The Morgan fingerprint density at radius 1 is 1.48 bits per heavy atom. The average molecular weight is 357 g/mol. The van der Waals surface area contributed by atoms with Gasteiger partial charge < -0.3 is 10.0 Å². The number of hydrogen-bond donors (Lipinski definition) is 1. The van der Waals surface area contributed by atoms with Crippen molar-refractivity contribution >= 4 is 33.5 Å². The molecule has 0 aliphatic carbocycles. The van der Waals surface area contributed by atoms with Gasteiger partial charge in [-0.25, -0.2) is 0 Å². The summed E-state index contributed by atoms with van der Waals surface area (Å²) >= 11 is 3.21. The lowest BCUT2D eigenvalue weighted by molar-refractivity contribution is -0.384. The molecule has 2 rings (SSSR count). The van der Waals surface area contributed by atoms with E-state index in [-0.39, 0.29) is 29.6 Å². The summed E-state index contributed by atoms with van der Waals surface area (Å²) in [4.78, 5) is 35.1. The summed E-state index contributed by atoms with van der Waals surface area (Å²) in [5, 5.41) is 19.7. The van der Waals surface area contributed by atoms with Crippen molar-refractivity contribution in [2.75, 3.05) is 6.54 Å². The SMILES string of the molecule is O=C(O)CC1CCCN1C(=O)c1cc([N+](=O)[O-])ccc1Br. The van der Waals surface area contributed by atoms with Crippen LogP contribution in [0.2, 0.25) is 0 Å². The molecule has 1 aliphatic heterocycles. The van der Waals surface area contributed by atoms with Crippen molar-refractivity contribution < 1.29 is 19.6 Å². The number of likely N-dealkylation sites (tertiary alicyclic amines) is 1. The maximum atomic E-state index is 12.5. The summed E-state index contributed by atoms with van der Waals surface area (Å²) < 4.78 is 0.457. The van der Waals surface area contributed by atoms with Gasteiger partial charge in [0.05, 0.1) is 16.9 Å². The third-order valence-corrected chi connectivity index (χ3v) is 4.13. The average Bonchev–Trinajstić information content (AvgIpc) is 2.85. The normalized spacial score (nSPS) is 17.8. The standard InChI is InChI=1S/C13H13BrN2O5/c14-11-4-3-9(16(20)21)6-10(11)13(19)15-5-1-2-8(15)7-12(17)18/h3-4,6,8H,1-2,5,7H2,(H,17,18). The molecule has 1 aromatic carbocycles. The summed E-state index contributed by atoms with van der Waals surface area (Å²) in [6.45, 7) is 0.464. The van der Waals surface area contributed by atoms with Crippen molar-refractivity contribution in [3.8, 4) is 0 Å². The highest BCUT2D eigenvalue weighted by Gasteiger charge is 2.32. The van der Waals surface area contributed by atoms with Crippen molar-refractivity contribution in [2.24, 2.45) is 0 Å². The van der Waals surface area contributed by atoms with Crippen LogP contribution in [0.1, 0.15) is 29.6 Å². The van der Waals surface area contributed by atoms with E-state index < -0.39 is 10.9 Å². The molecular weight excluding hydrogens is 344 g/mol. The first-order valence-electron chi connectivity index (χ1n) is 6.37. The fraction of sp³-hybridized carbons (Fsp3) is 0.385. The van der Waals surface area contributed by atoms with Crippen LogP contribution in [0.4, 0.5) is 5.69 Å². The zero-order valence-electron chi connectivity index (χ0n) is 11.0. The zero-order valence-corrected chi connectivity index (χ0v) is 12.6. The Morgan fingerprint density at radius 3 is 2.81 bits per heavy atom. The summed E-state index contributed by atoms with van der Waals surface area (Å²) in [6, 6.07) is 3.61. The third kappa shape index (κ3) is 3.38. The molecule has 1 N–H and O–H groups in total. The van der Waals surface area contributed by atoms with E-state index in [1.54, 1.807) is 0 Å². The quantitative estimate of drug-likeness (QED) is 0.659. The number of halogens is 1. The monoisotopic (exact) mass is 356 g/mol. The minimum atomic E-state index is -0.960. The maximum absolute atomic E-state index is 12.5. The largest absolute Gasteiger partial charge is 0.481 e. The molecule has 1 fully saturated rings. The molecule has 1 amide bonds. The van der Waals surface area contributed by atoms with Crippen molar-refractivity contribution in [2.45, 2.75) is 25.3 Å². The van der Waals surface area contributed by atoms with Gasteiger partial charge in [-0.05, 0) is 34.8 Å². The van der Waals surface area contributed by atoms with E-state index in [0.29, 0.717) is 17.4 Å². The highest BCUT2D eigenvalue weighted by Crippen LogP contribution is 2.28. The molecule has 1 heterocycles. The van der Waals surface area contributed by atoms with Crippen LogP contribution in [0.5, 0.6) is 0 Å². The van der Waals surface area contributed by atoms with Gasteiger partial charge in [0.25, 0.3) is 11.6 Å². The number of carboxylic acids is 1. The second-order valence-corrected chi connectivity index (χ2v) is 5.67. The van der Waals surface area contributed by atoms with Crippen LogP contribution in [-0.2, 0) is 4.79 Å². The van der Waals surface area contributed by atoms with Gasteiger partial charge in [-0.15, -0.1) is 0 Å². The number of nitro benzene ring substituents is 1. The number of hydrogen-bond acceptors (Lipinski definition) is 4. The van der Waals surface area contributed by atoms with E-state index in [4.69, 9.17) is 5.11 Å². The Kier molecular flexibility index (Phi) is 4.56. The fourth-order valence-electron chi connectivity index (χ4n) is 2.46. The predicted molar refractivity (Wildman–Crippen MR) is 77.1 cm³/mol. The Morgan fingerprint density at radius 2 is 2.19 bits per heavy atom. The number of aliphatic carboxylic acids is 1. The Hall–Kier alpha value is -1.96. The van der Waals surface area contributed by atoms with Crippen LogP contribution in [-0.4, -0.2) is 39.4 Å². The number of carbonyl (C=O) groups excluding carboxylic acids is 1. The molecular formula is C13H13BrN2O5. The van der Waals surface area contributed by atoms with Gasteiger partial charge in [0.15, 0.2) is 0 Å². The molecule has 0 radical (unpaired) electrons. The first-order valence-corrected chi connectivity index (χ1v) is 7.16. The molecule has 1 atom stereocenters. The van der Waals surface area contributed by atoms with Crippen molar-refractivity contribution in [3.05, 3.63) is 38.3 Å². The summed E-state index contributed by atoms with van der Waals surface area (Å²) in [6.07, 6.45) is 1.25. The maximum Gasteiger partial charge on any atom is 0.305 e. The van der Waals surface area contributed by atoms with E-state index in [2.05, 4.69) is 15.9 Å². The summed E-state index contributed by atoms with van der Waals surface area (Å²) in [5.74, 6) is -1.34. The molecule has 0 spiro atoms. The smallest absolute Gasteiger partial charge is 0.305 e. The minimum absolute atomic E-state index is 0.113. The predicted octanol–water partition coefficient (Wildman–Crippen LogP) is 2.44. The highest BCUT2D eigenvalue weighted by molar-refractivity contribution is 9.10. The number of non-ortho nitro benzene ring substituents is 1. The molecule has 7 nitrogen and oxygen atoms in total. The lowest BCUT2D eigenvalue weighted by Gasteiger charge is -2.23. The van der Waals surface area contributed by atoms with Gasteiger partial charge in [0.1, 0.15) is 0 Å². The number of carbonyl (C=O) groups is 2. The molecule has 0 aromatic heterocycles. The molecule has 8 heteroatoms. The molecule has 21 heavy (non-hydrogen) atoms. The summed E-state index contributed by atoms with van der Waals surface area (Å²) in [5.41, 5.74) is 0.0111. The molecule has 1 unspecified atom stereocenters. The van der Waals surface area contributed by atoms with Crippen LogP contribution in [0.3, 0.4) is 0 Å². The zero-order chi connectivity index (χ0) is 15.6. The van der Waals surface area contributed by atoms with Gasteiger partial charge in [-0.3, -0.25) is 19.7 Å². The van der Waals surface area contributed by atoms with Gasteiger partial charge >= 0.3 is 5.97 Å². The van der Waals surface area contributed by atoms with Crippen molar-refractivity contribution in [1.82, 2.24) is 4.90 Å². The molecule has 0 saturated carbocycles. The van der Waals surface area contributed by atoms with Gasteiger partial charge in [0, 0.05) is 29.2 Å². The van der Waals surface area contributed by atoms with Crippen LogP contribution in [0.15, 0.2) is 22.7 Å². The first kappa shape index (κ1) is 15.4. The Labute approximate surface area is 128 Å². The number of nitrogens with zero attached hydrogens (tertiary/aromatic N) is 2. The lowest BCUT2D eigenvalue weighted by Crippen LogP contribution is -2.37. The Balaban J connectivity index is 2.28. The van der Waals surface area contributed by atoms with Crippen LogP contribution in [0, 0.1) is 10.1 Å². The number of nitro groups is 1. The number of amides is 1. The molecule has 0 bridgehead atoms. The molecule has 1 saturated heterocycles. The van der Waals surface area contributed by atoms with E-state index in [0.717, 1.165) is 6.42 Å². The van der Waals surface area contributed by atoms with E-state index in [1.165, 1.54) is 23.1 Å². The van der Waals surface area contributed by atoms with E-state index in [9.17, 15) is 19.7 Å². The van der Waals surface area contributed by atoms with Crippen molar-refractivity contribution in [3.63, 3.8) is 0 Å². The van der Waals surface area contributed by atoms with Gasteiger partial charge in [-0.2, -0.15) is 0 Å². The fourth-order valence-corrected chi connectivity index (χ4v) is 2.88. The number of benzene rings is 1. The third-order valence-electron chi connectivity index (χ3n) is 3.44.